The van der Waals surface area contributed by atoms with Gasteiger partial charge >= 0.3 is 0 Å². The third-order valence-electron chi connectivity index (χ3n) is 4.44. The van der Waals surface area contributed by atoms with Gasteiger partial charge in [-0.2, -0.15) is 0 Å². The van der Waals surface area contributed by atoms with Crippen molar-refractivity contribution in [1.82, 2.24) is 15.1 Å². The number of fused-ring (bicyclic) bond motifs is 1. The van der Waals surface area contributed by atoms with E-state index in [9.17, 15) is 0 Å². The van der Waals surface area contributed by atoms with Crippen molar-refractivity contribution in [3.05, 3.63) is 35.2 Å². The van der Waals surface area contributed by atoms with E-state index in [-0.39, 0.29) is 0 Å². The fourth-order valence-electron chi connectivity index (χ4n) is 3.22. The van der Waals surface area contributed by atoms with Crippen LogP contribution in [0.5, 0.6) is 0 Å². The predicted octanol–water partition coefficient (Wildman–Crippen LogP) is 2.41. The van der Waals surface area contributed by atoms with Gasteiger partial charge in [-0.25, -0.2) is 0 Å². The quantitative estimate of drug-likeness (QED) is 0.936. The minimum Gasteiger partial charge on any atom is -0.312 e. The van der Waals surface area contributed by atoms with Crippen LogP contribution in [0, 0.1) is 0 Å². The van der Waals surface area contributed by atoms with Crippen LogP contribution in [0.3, 0.4) is 0 Å². The topological polar surface area (TPSA) is 18.5 Å². The lowest BCUT2D eigenvalue weighted by Crippen LogP contribution is -2.54. The van der Waals surface area contributed by atoms with Crippen molar-refractivity contribution in [2.24, 2.45) is 0 Å². The van der Waals surface area contributed by atoms with Gasteiger partial charge in [0.2, 0.25) is 0 Å². The van der Waals surface area contributed by atoms with Crippen molar-refractivity contribution in [2.45, 2.75) is 12.1 Å². The normalized spacial score (nSPS) is 23.2. The van der Waals surface area contributed by atoms with Gasteiger partial charge in [0.1, 0.15) is 0 Å². The summed E-state index contributed by atoms with van der Waals surface area (Å²) in [6, 6.07) is 9.78. The first-order valence-corrected chi connectivity index (χ1v) is 8.11. The molecule has 1 saturated heterocycles. The van der Waals surface area contributed by atoms with Crippen LogP contribution < -0.4 is 5.32 Å². The van der Waals surface area contributed by atoms with E-state index in [0.717, 1.165) is 19.6 Å². The Balaban J connectivity index is 1.98. The number of nitrogens with zero attached hydrogens (tertiary/aromatic N) is 2. The molecule has 0 aliphatic carbocycles. The molecule has 108 valence electrons. The first-order chi connectivity index (χ1) is 9.70. The molecule has 1 aromatic heterocycles. The van der Waals surface area contributed by atoms with Gasteiger partial charge in [0.05, 0.1) is 6.04 Å². The molecule has 0 bridgehead atoms. The van der Waals surface area contributed by atoms with E-state index in [4.69, 9.17) is 0 Å². The molecule has 0 saturated carbocycles. The number of nitrogens with one attached hydrogen (secondary N) is 1. The zero-order chi connectivity index (χ0) is 14.1. The number of piperazine rings is 1. The molecule has 1 aliphatic heterocycles. The van der Waals surface area contributed by atoms with E-state index in [1.54, 1.807) is 0 Å². The molecular weight excluding hydrogens is 266 g/mol. The van der Waals surface area contributed by atoms with Crippen molar-refractivity contribution in [3.8, 4) is 0 Å². The van der Waals surface area contributed by atoms with Gasteiger partial charge in [-0.15, -0.1) is 11.3 Å². The van der Waals surface area contributed by atoms with Gasteiger partial charge in [-0.3, -0.25) is 4.90 Å². The van der Waals surface area contributed by atoms with E-state index < -0.39 is 0 Å². The zero-order valence-electron chi connectivity index (χ0n) is 12.5. The molecule has 1 aliphatic rings. The Bertz CT molecular complexity index is 580. The highest BCUT2D eigenvalue weighted by Gasteiger charge is 2.30. The summed E-state index contributed by atoms with van der Waals surface area (Å²) in [5.74, 6) is 0. The second-order valence-electron chi connectivity index (χ2n) is 5.76. The lowest BCUT2D eigenvalue weighted by Gasteiger charge is -2.42. The lowest BCUT2D eigenvalue weighted by atomic mass is 9.95. The lowest BCUT2D eigenvalue weighted by molar-refractivity contribution is 0.0901. The molecule has 2 heterocycles. The molecule has 3 nitrogen and oxygen atoms in total. The van der Waals surface area contributed by atoms with E-state index in [2.05, 4.69) is 65.9 Å². The van der Waals surface area contributed by atoms with Gasteiger partial charge < -0.3 is 10.2 Å². The summed E-state index contributed by atoms with van der Waals surface area (Å²) in [4.78, 5) is 4.93. The van der Waals surface area contributed by atoms with Crippen molar-refractivity contribution < 1.29 is 0 Å². The third-order valence-corrected chi connectivity index (χ3v) is 5.42. The highest BCUT2D eigenvalue weighted by molar-refractivity contribution is 7.17. The summed E-state index contributed by atoms with van der Waals surface area (Å²) < 4.78 is 1.42. The molecule has 20 heavy (non-hydrogen) atoms. The summed E-state index contributed by atoms with van der Waals surface area (Å²) in [6.07, 6.45) is 0. The largest absolute Gasteiger partial charge is 0.312 e. The van der Waals surface area contributed by atoms with Crippen LogP contribution in [0.4, 0.5) is 0 Å². The number of benzene rings is 1. The Kier molecular flexibility index (Phi) is 4.08. The molecule has 2 unspecified atom stereocenters. The van der Waals surface area contributed by atoms with Gasteiger partial charge in [0.25, 0.3) is 0 Å². The number of hydrogen-bond acceptors (Lipinski definition) is 4. The zero-order valence-corrected chi connectivity index (χ0v) is 13.3. The summed E-state index contributed by atoms with van der Waals surface area (Å²) >= 11 is 1.85. The van der Waals surface area contributed by atoms with Gasteiger partial charge in [0, 0.05) is 30.4 Å². The van der Waals surface area contributed by atoms with Crippen LogP contribution in [0.2, 0.25) is 0 Å². The molecule has 4 heteroatoms. The Morgan fingerprint density at radius 3 is 2.90 bits per heavy atom. The molecule has 3 rings (SSSR count). The Morgan fingerprint density at radius 2 is 2.10 bits per heavy atom. The highest BCUT2D eigenvalue weighted by atomic mass is 32.1. The Hall–Kier alpha value is -0.940. The number of rotatable bonds is 3. The average molecular weight is 289 g/mol. The summed E-state index contributed by atoms with van der Waals surface area (Å²) in [5, 5.41) is 7.11. The standard InChI is InChI=1S/C16H23N3S/c1-17-15(14-11-18(2)8-9-19(14)3)13-6-4-5-12-7-10-20-16(12)13/h4-7,10,14-15,17H,8-9,11H2,1-3H3. The summed E-state index contributed by atoms with van der Waals surface area (Å²) in [7, 11) is 6.55. The summed E-state index contributed by atoms with van der Waals surface area (Å²) in [5.41, 5.74) is 1.44. The molecule has 1 N–H and O–H groups in total. The molecule has 0 radical (unpaired) electrons. The second-order valence-corrected chi connectivity index (χ2v) is 6.68. The monoisotopic (exact) mass is 289 g/mol. The van der Waals surface area contributed by atoms with E-state index >= 15 is 0 Å². The first-order valence-electron chi connectivity index (χ1n) is 7.23. The van der Waals surface area contributed by atoms with Crippen molar-refractivity contribution in [2.75, 3.05) is 40.8 Å². The van der Waals surface area contributed by atoms with Crippen LogP contribution in [0.25, 0.3) is 10.1 Å². The fraction of sp³-hybridized carbons (Fsp3) is 0.500. The van der Waals surface area contributed by atoms with Crippen molar-refractivity contribution >= 4 is 21.4 Å². The van der Waals surface area contributed by atoms with Crippen LogP contribution in [-0.2, 0) is 0 Å². The van der Waals surface area contributed by atoms with Crippen LogP contribution in [0.15, 0.2) is 29.6 Å². The van der Waals surface area contributed by atoms with Crippen LogP contribution in [-0.4, -0.2) is 56.6 Å². The average Bonchev–Trinajstić information content (AvgIpc) is 2.92. The molecule has 0 amide bonds. The predicted molar refractivity (Wildman–Crippen MR) is 87.5 cm³/mol. The Labute approximate surface area is 125 Å². The minimum atomic E-state index is 0.380. The highest BCUT2D eigenvalue weighted by Crippen LogP contribution is 2.32. The van der Waals surface area contributed by atoms with Gasteiger partial charge in [-0.05, 0) is 43.5 Å². The molecule has 2 aromatic rings. The smallest absolute Gasteiger partial charge is 0.0502 e. The Morgan fingerprint density at radius 1 is 1.25 bits per heavy atom. The third kappa shape index (κ3) is 2.49. The minimum absolute atomic E-state index is 0.380. The first kappa shape index (κ1) is 14.0. The molecular formula is C16H23N3S. The SMILES string of the molecule is CNC(c1cccc2ccsc12)C1CN(C)CCN1C. The number of hydrogen-bond donors (Lipinski definition) is 1. The van der Waals surface area contributed by atoms with E-state index in [1.165, 1.54) is 15.6 Å². The second kappa shape index (κ2) is 5.82. The molecule has 1 aromatic carbocycles. The number of likely N-dealkylation sites (N-methyl/N-ethyl adjacent to an activating group) is 3. The maximum atomic E-state index is 3.56. The van der Waals surface area contributed by atoms with Crippen molar-refractivity contribution in [3.63, 3.8) is 0 Å². The van der Waals surface area contributed by atoms with E-state index in [0.29, 0.717) is 12.1 Å². The molecule has 0 spiro atoms. The molecule has 1 fully saturated rings. The fourth-order valence-corrected chi connectivity index (χ4v) is 4.17. The number of thiophene rings is 1. The van der Waals surface area contributed by atoms with Crippen LogP contribution in [0.1, 0.15) is 11.6 Å². The van der Waals surface area contributed by atoms with Crippen LogP contribution >= 0.6 is 11.3 Å². The molecule has 2 atom stereocenters. The summed E-state index contributed by atoms with van der Waals surface area (Å²) in [6.45, 7) is 3.41. The maximum absolute atomic E-state index is 3.56. The van der Waals surface area contributed by atoms with Gasteiger partial charge in [0.15, 0.2) is 0 Å². The van der Waals surface area contributed by atoms with E-state index in [1.807, 2.05) is 11.3 Å². The van der Waals surface area contributed by atoms with Crippen molar-refractivity contribution in [1.29, 1.82) is 0 Å². The van der Waals surface area contributed by atoms with Gasteiger partial charge in [-0.1, -0.05) is 18.2 Å². The maximum Gasteiger partial charge on any atom is 0.0502 e.